The second-order valence-electron chi connectivity index (χ2n) is 5.31. The summed E-state index contributed by atoms with van der Waals surface area (Å²) < 4.78 is 5.34. The molecule has 2 aromatic rings. The lowest BCUT2D eigenvalue weighted by Crippen LogP contribution is -2.36. The van der Waals surface area contributed by atoms with Gasteiger partial charge in [0, 0.05) is 34.9 Å². The summed E-state index contributed by atoms with van der Waals surface area (Å²) in [7, 11) is 0. The molecule has 6 nitrogen and oxygen atoms in total. The van der Waals surface area contributed by atoms with E-state index in [1.807, 2.05) is 6.07 Å². The van der Waals surface area contributed by atoms with E-state index in [0.717, 1.165) is 23.9 Å². The van der Waals surface area contributed by atoms with E-state index in [2.05, 4.69) is 20.2 Å². The number of amides is 1. The first-order valence-electron chi connectivity index (χ1n) is 7.63. The lowest BCUT2D eigenvalue weighted by molar-refractivity contribution is -0.113. The third-order valence-electron chi connectivity index (χ3n) is 3.46. The number of benzene rings is 1. The van der Waals surface area contributed by atoms with E-state index in [4.69, 9.17) is 27.9 Å². The number of anilines is 2. The molecule has 1 N–H and O–H groups in total. The fourth-order valence-corrected chi connectivity index (χ4v) is 3.52. The van der Waals surface area contributed by atoms with E-state index in [-0.39, 0.29) is 11.7 Å². The van der Waals surface area contributed by atoms with Crippen molar-refractivity contribution >= 4 is 52.4 Å². The van der Waals surface area contributed by atoms with Gasteiger partial charge in [-0.3, -0.25) is 4.79 Å². The highest BCUT2D eigenvalue weighted by Gasteiger charge is 2.13. The lowest BCUT2D eigenvalue weighted by Gasteiger charge is -2.27. The minimum Gasteiger partial charge on any atom is -0.378 e. The summed E-state index contributed by atoms with van der Waals surface area (Å²) in [6.07, 6.45) is 1.52. The molecule has 0 aliphatic carbocycles. The van der Waals surface area contributed by atoms with Gasteiger partial charge in [0.1, 0.15) is 17.2 Å². The number of hydrogen-bond donors (Lipinski definition) is 1. The Balaban J connectivity index is 1.56. The van der Waals surface area contributed by atoms with Gasteiger partial charge in [0.05, 0.1) is 19.0 Å². The first kappa shape index (κ1) is 18.3. The number of nitrogens with zero attached hydrogens (tertiary/aromatic N) is 3. The second-order valence-corrected chi connectivity index (χ2v) is 7.18. The molecule has 132 valence electrons. The first-order valence-corrected chi connectivity index (χ1v) is 9.38. The van der Waals surface area contributed by atoms with Crippen LogP contribution in [-0.4, -0.2) is 47.9 Å². The number of carbonyl (C=O) groups excluding carboxylic acids is 1. The van der Waals surface area contributed by atoms with E-state index >= 15 is 0 Å². The van der Waals surface area contributed by atoms with Crippen molar-refractivity contribution in [2.45, 2.75) is 5.03 Å². The van der Waals surface area contributed by atoms with Crippen molar-refractivity contribution in [3.8, 4) is 0 Å². The molecule has 1 amide bonds. The molecule has 3 rings (SSSR count). The maximum absolute atomic E-state index is 12.1. The van der Waals surface area contributed by atoms with E-state index in [0.29, 0.717) is 28.9 Å². The number of thioether (sulfide) groups is 1. The van der Waals surface area contributed by atoms with Gasteiger partial charge in [-0.25, -0.2) is 9.97 Å². The highest BCUT2D eigenvalue weighted by molar-refractivity contribution is 7.99. The SMILES string of the molecule is O=C(CSc1cc(N2CCOCC2)ncn1)Nc1cc(Cl)cc(Cl)c1. The number of halogens is 2. The van der Waals surface area contributed by atoms with Crippen LogP contribution >= 0.6 is 35.0 Å². The minimum absolute atomic E-state index is 0.158. The fraction of sp³-hybridized carbons (Fsp3) is 0.312. The fourth-order valence-electron chi connectivity index (χ4n) is 2.34. The summed E-state index contributed by atoms with van der Waals surface area (Å²) in [5.41, 5.74) is 0.569. The average Bonchev–Trinajstić information content (AvgIpc) is 2.60. The zero-order valence-corrected chi connectivity index (χ0v) is 15.6. The summed E-state index contributed by atoms with van der Waals surface area (Å²) in [5, 5.41) is 4.47. The number of morpholine rings is 1. The predicted molar refractivity (Wildman–Crippen MR) is 101 cm³/mol. The van der Waals surface area contributed by atoms with Crippen LogP contribution in [0, 0.1) is 0 Å². The Morgan fingerprint density at radius 2 is 1.88 bits per heavy atom. The van der Waals surface area contributed by atoms with Gasteiger partial charge < -0.3 is 15.0 Å². The topological polar surface area (TPSA) is 67.4 Å². The van der Waals surface area contributed by atoms with Crippen molar-refractivity contribution < 1.29 is 9.53 Å². The number of nitrogens with one attached hydrogen (secondary N) is 1. The van der Waals surface area contributed by atoms with E-state index in [9.17, 15) is 4.79 Å². The van der Waals surface area contributed by atoms with Crippen LogP contribution in [0.3, 0.4) is 0 Å². The molecular formula is C16H16Cl2N4O2S. The van der Waals surface area contributed by atoms with Gasteiger partial charge in [0.2, 0.25) is 5.91 Å². The van der Waals surface area contributed by atoms with Crippen LogP contribution in [0.1, 0.15) is 0 Å². The maximum atomic E-state index is 12.1. The third-order valence-corrected chi connectivity index (χ3v) is 4.82. The number of aromatic nitrogens is 2. The molecule has 1 saturated heterocycles. The standard InChI is InChI=1S/C16H16Cl2N4O2S/c17-11-5-12(18)7-13(6-11)21-15(23)9-25-16-8-14(19-10-20-16)22-1-3-24-4-2-22/h5-8,10H,1-4,9H2,(H,21,23). The second kappa shape index (κ2) is 8.71. The van der Waals surface area contributed by atoms with E-state index in [1.165, 1.54) is 18.1 Å². The van der Waals surface area contributed by atoms with Gasteiger partial charge in [-0.1, -0.05) is 35.0 Å². The Labute approximate surface area is 159 Å². The predicted octanol–water partition coefficient (Wildman–Crippen LogP) is 3.35. The molecule has 0 saturated carbocycles. The maximum Gasteiger partial charge on any atom is 0.234 e. The van der Waals surface area contributed by atoms with Crippen LogP contribution in [0.2, 0.25) is 10.0 Å². The molecule has 1 aromatic heterocycles. The first-order chi connectivity index (χ1) is 12.1. The van der Waals surface area contributed by atoms with E-state index in [1.54, 1.807) is 18.2 Å². The van der Waals surface area contributed by atoms with E-state index < -0.39 is 0 Å². The van der Waals surface area contributed by atoms with Crippen LogP contribution in [0.4, 0.5) is 11.5 Å². The van der Waals surface area contributed by atoms with Gasteiger partial charge in [0.15, 0.2) is 0 Å². The summed E-state index contributed by atoms with van der Waals surface area (Å²) in [6, 6.07) is 6.80. The molecule has 25 heavy (non-hydrogen) atoms. The number of rotatable bonds is 5. The molecule has 1 aliphatic rings. The molecule has 0 unspecified atom stereocenters. The van der Waals surface area contributed by atoms with Crippen molar-refractivity contribution in [2.75, 3.05) is 42.3 Å². The smallest absolute Gasteiger partial charge is 0.234 e. The Hall–Kier alpha value is -1.54. The van der Waals surface area contributed by atoms with Gasteiger partial charge in [-0.05, 0) is 18.2 Å². The van der Waals surface area contributed by atoms with Gasteiger partial charge in [-0.15, -0.1) is 0 Å². The van der Waals surface area contributed by atoms with Crippen molar-refractivity contribution in [3.63, 3.8) is 0 Å². The molecule has 9 heteroatoms. The van der Waals surface area contributed by atoms with Crippen molar-refractivity contribution in [1.29, 1.82) is 0 Å². The third kappa shape index (κ3) is 5.47. The Morgan fingerprint density at radius 3 is 2.60 bits per heavy atom. The van der Waals surface area contributed by atoms with Gasteiger partial charge in [-0.2, -0.15) is 0 Å². The lowest BCUT2D eigenvalue weighted by atomic mass is 10.3. The largest absolute Gasteiger partial charge is 0.378 e. The zero-order valence-electron chi connectivity index (χ0n) is 13.2. The molecule has 0 spiro atoms. The molecule has 0 radical (unpaired) electrons. The molecule has 0 bridgehead atoms. The summed E-state index contributed by atoms with van der Waals surface area (Å²) in [5.74, 6) is 0.918. The highest BCUT2D eigenvalue weighted by Crippen LogP contribution is 2.24. The monoisotopic (exact) mass is 398 g/mol. The highest BCUT2D eigenvalue weighted by atomic mass is 35.5. The quantitative estimate of drug-likeness (QED) is 0.615. The average molecular weight is 399 g/mol. The molecule has 2 heterocycles. The Bertz CT molecular complexity index is 736. The van der Waals surface area contributed by atoms with Crippen LogP contribution < -0.4 is 10.2 Å². The van der Waals surface area contributed by atoms with Crippen molar-refractivity contribution in [3.05, 3.63) is 40.6 Å². The molecule has 1 fully saturated rings. The number of carbonyl (C=O) groups is 1. The Kier molecular flexibility index (Phi) is 6.36. The van der Waals surface area contributed by atoms with Crippen LogP contribution in [0.15, 0.2) is 35.6 Å². The Morgan fingerprint density at radius 1 is 1.16 bits per heavy atom. The molecule has 1 aromatic carbocycles. The van der Waals surface area contributed by atoms with Crippen molar-refractivity contribution in [2.24, 2.45) is 0 Å². The normalized spacial score (nSPS) is 14.4. The van der Waals surface area contributed by atoms with Gasteiger partial charge >= 0.3 is 0 Å². The van der Waals surface area contributed by atoms with Gasteiger partial charge in [0.25, 0.3) is 0 Å². The molecular weight excluding hydrogens is 383 g/mol. The molecule has 0 atom stereocenters. The summed E-state index contributed by atoms with van der Waals surface area (Å²) in [6.45, 7) is 2.99. The van der Waals surface area contributed by atoms with Crippen molar-refractivity contribution in [1.82, 2.24) is 9.97 Å². The van der Waals surface area contributed by atoms with Crippen LogP contribution in [0.5, 0.6) is 0 Å². The van der Waals surface area contributed by atoms with Crippen LogP contribution in [-0.2, 0) is 9.53 Å². The number of hydrogen-bond acceptors (Lipinski definition) is 6. The number of ether oxygens (including phenoxy) is 1. The zero-order chi connectivity index (χ0) is 17.6. The molecule has 1 aliphatic heterocycles. The summed E-state index contributed by atoms with van der Waals surface area (Å²) >= 11 is 13.2. The van der Waals surface area contributed by atoms with Crippen LogP contribution in [0.25, 0.3) is 0 Å². The minimum atomic E-state index is -0.158. The summed E-state index contributed by atoms with van der Waals surface area (Å²) in [4.78, 5) is 22.8.